The molecule has 0 spiro atoms. The van der Waals surface area contributed by atoms with Gasteiger partial charge in [0.15, 0.2) is 0 Å². The molecule has 2 aromatic carbocycles. The lowest BCUT2D eigenvalue weighted by Crippen LogP contribution is -2.23. The van der Waals surface area contributed by atoms with Crippen LogP contribution in [0, 0.1) is 0 Å². The maximum atomic E-state index is 12.3. The van der Waals surface area contributed by atoms with Crippen molar-refractivity contribution in [1.29, 1.82) is 0 Å². The fraction of sp³-hybridized carbons (Fsp3) is 0.350. The third-order valence-corrected chi connectivity index (χ3v) is 4.21. The van der Waals surface area contributed by atoms with Gasteiger partial charge in [-0.15, -0.1) is 0 Å². The Morgan fingerprint density at radius 3 is 2.72 bits per heavy atom. The van der Waals surface area contributed by atoms with Crippen molar-refractivity contribution in [2.45, 2.75) is 25.5 Å². The predicted octanol–water partition coefficient (Wildman–Crippen LogP) is 3.18. The Labute approximate surface area is 147 Å². The molecule has 1 aliphatic rings. The van der Waals surface area contributed by atoms with Crippen molar-refractivity contribution >= 4 is 5.91 Å². The molecule has 25 heavy (non-hydrogen) atoms. The molecule has 0 saturated carbocycles. The Morgan fingerprint density at radius 1 is 1.20 bits per heavy atom. The molecule has 0 unspecified atom stereocenters. The highest BCUT2D eigenvalue weighted by molar-refractivity contribution is 5.94. The number of amides is 1. The van der Waals surface area contributed by atoms with Gasteiger partial charge in [-0.3, -0.25) is 4.79 Å². The lowest BCUT2D eigenvalue weighted by atomic mass is 10.1. The fourth-order valence-corrected chi connectivity index (χ4v) is 2.79. The molecular formula is C20H23NO4. The van der Waals surface area contributed by atoms with E-state index in [9.17, 15) is 4.79 Å². The summed E-state index contributed by atoms with van der Waals surface area (Å²) in [6.07, 6.45) is 2.33. The molecule has 1 N–H and O–H groups in total. The Kier molecular flexibility index (Phi) is 5.90. The average molecular weight is 341 g/mol. The van der Waals surface area contributed by atoms with Gasteiger partial charge >= 0.3 is 0 Å². The highest BCUT2D eigenvalue weighted by atomic mass is 16.5. The van der Waals surface area contributed by atoms with E-state index < -0.39 is 0 Å². The van der Waals surface area contributed by atoms with Crippen molar-refractivity contribution < 1.29 is 19.0 Å². The summed E-state index contributed by atoms with van der Waals surface area (Å²) in [6, 6.07) is 14.8. The van der Waals surface area contributed by atoms with Gasteiger partial charge in [-0.1, -0.05) is 18.2 Å². The Hall–Kier alpha value is -2.53. The van der Waals surface area contributed by atoms with Crippen LogP contribution in [-0.2, 0) is 11.3 Å². The Balaban J connectivity index is 1.51. The smallest absolute Gasteiger partial charge is 0.251 e. The summed E-state index contributed by atoms with van der Waals surface area (Å²) in [4.78, 5) is 12.3. The SMILES string of the molecule is COc1ccccc1CNC(=O)c1ccc(OC[C@@H]2CCCO2)cc1. The van der Waals surface area contributed by atoms with E-state index >= 15 is 0 Å². The second-order valence-corrected chi connectivity index (χ2v) is 5.96. The number of hydrogen-bond donors (Lipinski definition) is 1. The minimum Gasteiger partial charge on any atom is -0.496 e. The topological polar surface area (TPSA) is 56.8 Å². The van der Waals surface area contributed by atoms with E-state index in [1.165, 1.54) is 0 Å². The molecule has 1 heterocycles. The molecule has 1 amide bonds. The Bertz CT molecular complexity index is 693. The first-order chi connectivity index (χ1) is 12.3. The van der Waals surface area contributed by atoms with Gasteiger partial charge in [0, 0.05) is 24.3 Å². The zero-order valence-corrected chi connectivity index (χ0v) is 14.4. The lowest BCUT2D eigenvalue weighted by Gasteiger charge is -2.12. The van der Waals surface area contributed by atoms with Crippen LogP contribution in [0.3, 0.4) is 0 Å². The van der Waals surface area contributed by atoms with E-state index in [0.717, 1.165) is 36.5 Å². The summed E-state index contributed by atoms with van der Waals surface area (Å²) in [5.74, 6) is 1.38. The molecule has 3 rings (SSSR count). The predicted molar refractivity (Wildman–Crippen MR) is 95.1 cm³/mol. The van der Waals surface area contributed by atoms with Crippen LogP contribution >= 0.6 is 0 Å². The summed E-state index contributed by atoms with van der Waals surface area (Å²) < 4.78 is 16.5. The number of ether oxygens (including phenoxy) is 3. The maximum absolute atomic E-state index is 12.3. The molecule has 0 aliphatic carbocycles. The molecule has 1 saturated heterocycles. The summed E-state index contributed by atoms with van der Waals surface area (Å²) in [5.41, 5.74) is 1.54. The Morgan fingerprint density at radius 2 is 2.00 bits per heavy atom. The van der Waals surface area contributed by atoms with E-state index in [1.807, 2.05) is 36.4 Å². The summed E-state index contributed by atoms with van der Waals surface area (Å²) in [5, 5.41) is 2.91. The van der Waals surface area contributed by atoms with Gasteiger partial charge < -0.3 is 19.5 Å². The van der Waals surface area contributed by atoms with Gasteiger partial charge in [0.2, 0.25) is 0 Å². The van der Waals surface area contributed by atoms with E-state index in [1.54, 1.807) is 19.2 Å². The van der Waals surface area contributed by atoms with Crippen LogP contribution in [0.4, 0.5) is 0 Å². The van der Waals surface area contributed by atoms with Crippen molar-refractivity contribution in [2.75, 3.05) is 20.3 Å². The molecule has 1 atom stereocenters. The van der Waals surface area contributed by atoms with E-state index in [4.69, 9.17) is 14.2 Å². The summed E-state index contributed by atoms with van der Waals surface area (Å²) in [6.45, 7) is 1.79. The number of carbonyl (C=O) groups is 1. The monoisotopic (exact) mass is 341 g/mol. The summed E-state index contributed by atoms with van der Waals surface area (Å²) >= 11 is 0. The first kappa shape index (κ1) is 17.3. The molecule has 5 heteroatoms. The van der Waals surface area contributed by atoms with Crippen molar-refractivity contribution in [1.82, 2.24) is 5.32 Å². The highest BCUT2D eigenvalue weighted by Crippen LogP contribution is 2.18. The molecule has 2 aromatic rings. The average Bonchev–Trinajstić information content (AvgIpc) is 3.18. The quantitative estimate of drug-likeness (QED) is 0.840. The molecule has 0 bridgehead atoms. The van der Waals surface area contributed by atoms with Crippen LogP contribution in [0.15, 0.2) is 48.5 Å². The molecule has 1 fully saturated rings. The van der Waals surface area contributed by atoms with Crippen LogP contribution in [0.25, 0.3) is 0 Å². The van der Waals surface area contributed by atoms with E-state index in [0.29, 0.717) is 18.7 Å². The third-order valence-electron chi connectivity index (χ3n) is 4.21. The van der Waals surface area contributed by atoms with Crippen molar-refractivity contribution in [3.05, 3.63) is 59.7 Å². The number of benzene rings is 2. The maximum Gasteiger partial charge on any atom is 0.251 e. The largest absolute Gasteiger partial charge is 0.496 e. The minimum absolute atomic E-state index is 0.128. The minimum atomic E-state index is -0.128. The molecular weight excluding hydrogens is 318 g/mol. The van der Waals surface area contributed by atoms with Crippen molar-refractivity contribution in [3.8, 4) is 11.5 Å². The number of rotatable bonds is 7. The fourth-order valence-electron chi connectivity index (χ4n) is 2.79. The number of para-hydroxylation sites is 1. The van der Waals surface area contributed by atoms with Crippen LogP contribution in [0.2, 0.25) is 0 Å². The van der Waals surface area contributed by atoms with Gasteiger partial charge in [-0.25, -0.2) is 0 Å². The van der Waals surface area contributed by atoms with Gasteiger partial charge in [-0.2, -0.15) is 0 Å². The third kappa shape index (κ3) is 4.73. The number of nitrogens with one attached hydrogen (secondary N) is 1. The number of hydrogen-bond acceptors (Lipinski definition) is 4. The first-order valence-corrected chi connectivity index (χ1v) is 8.51. The van der Waals surface area contributed by atoms with Crippen molar-refractivity contribution in [3.63, 3.8) is 0 Å². The van der Waals surface area contributed by atoms with Gasteiger partial charge in [-0.05, 0) is 43.2 Å². The number of methoxy groups -OCH3 is 1. The van der Waals surface area contributed by atoms with E-state index in [2.05, 4.69) is 5.32 Å². The van der Waals surface area contributed by atoms with Crippen LogP contribution in [0.1, 0.15) is 28.8 Å². The highest BCUT2D eigenvalue weighted by Gasteiger charge is 2.16. The molecule has 5 nitrogen and oxygen atoms in total. The molecule has 0 aromatic heterocycles. The van der Waals surface area contributed by atoms with Gasteiger partial charge in [0.05, 0.1) is 13.2 Å². The first-order valence-electron chi connectivity index (χ1n) is 8.51. The second-order valence-electron chi connectivity index (χ2n) is 5.96. The summed E-state index contributed by atoms with van der Waals surface area (Å²) in [7, 11) is 1.62. The van der Waals surface area contributed by atoms with Crippen LogP contribution in [-0.4, -0.2) is 32.3 Å². The molecule has 1 aliphatic heterocycles. The van der Waals surface area contributed by atoms with Gasteiger partial charge in [0.25, 0.3) is 5.91 Å². The number of carbonyl (C=O) groups excluding carboxylic acids is 1. The van der Waals surface area contributed by atoms with Crippen molar-refractivity contribution in [2.24, 2.45) is 0 Å². The van der Waals surface area contributed by atoms with E-state index in [-0.39, 0.29) is 12.0 Å². The van der Waals surface area contributed by atoms with Crippen LogP contribution < -0.4 is 14.8 Å². The zero-order chi connectivity index (χ0) is 17.5. The van der Waals surface area contributed by atoms with Gasteiger partial charge in [0.1, 0.15) is 18.1 Å². The lowest BCUT2D eigenvalue weighted by molar-refractivity contribution is 0.0679. The second kappa shape index (κ2) is 8.53. The molecule has 0 radical (unpaired) electrons. The molecule has 132 valence electrons. The van der Waals surface area contributed by atoms with Crippen LogP contribution in [0.5, 0.6) is 11.5 Å². The standard InChI is InChI=1S/C20H23NO4/c1-23-19-7-3-2-5-16(19)13-21-20(22)15-8-10-17(11-9-15)25-14-18-6-4-12-24-18/h2-3,5,7-11,18H,4,6,12-14H2,1H3,(H,21,22)/t18-/m0/s1. The normalized spacial score (nSPS) is 16.4. The zero-order valence-electron chi connectivity index (χ0n) is 14.4.